The van der Waals surface area contributed by atoms with Gasteiger partial charge in [0.15, 0.2) is 0 Å². The predicted octanol–water partition coefficient (Wildman–Crippen LogP) is 3.74. The highest BCUT2D eigenvalue weighted by molar-refractivity contribution is 6.26. The molecule has 1 heterocycles. The van der Waals surface area contributed by atoms with Crippen LogP contribution in [0.4, 0.5) is 5.69 Å². The Labute approximate surface area is 187 Å². The van der Waals surface area contributed by atoms with Crippen LogP contribution in [-0.4, -0.2) is 41.8 Å². The molecule has 3 aromatic carbocycles. The van der Waals surface area contributed by atoms with Crippen molar-refractivity contribution in [3.63, 3.8) is 0 Å². The van der Waals surface area contributed by atoms with Crippen LogP contribution in [-0.2, 0) is 16.1 Å². The van der Waals surface area contributed by atoms with Crippen LogP contribution in [0.25, 0.3) is 10.8 Å². The van der Waals surface area contributed by atoms with E-state index in [9.17, 15) is 14.4 Å². The Morgan fingerprint density at radius 1 is 0.969 bits per heavy atom. The molecule has 0 radical (unpaired) electrons. The molecule has 0 saturated carbocycles. The van der Waals surface area contributed by atoms with Crippen LogP contribution in [0.2, 0.25) is 0 Å². The molecule has 32 heavy (non-hydrogen) atoms. The number of anilines is 1. The number of nitrogens with zero attached hydrogens (tertiary/aromatic N) is 2. The van der Waals surface area contributed by atoms with Crippen molar-refractivity contribution in [3.8, 4) is 0 Å². The molecular weight excluding hydrogens is 402 g/mol. The third kappa shape index (κ3) is 3.96. The van der Waals surface area contributed by atoms with E-state index in [0.717, 1.165) is 22.0 Å². The molecule has 6 heteroatoms. The van der Waals surface area contributed by atoms with Crippen LogP contribution >= 0.6 is 0 Å². The van der Waals surface area contributed by atoms with Gasteiger partial charge in [-0.1, -0.05) is 61.5 Å². The molecule has 0 fully saturated rings. The Kier molecular flexibility index (Phi) is 6.21. The monoisotopic (exact) mass is 429 g/mol. The van der Waals surface area contributed by atoms with E-state index >= 15 is 0 Å². The van der Waals surface area contributed by atoms with E-state index in [-0.39, 0.29) is 24.3 Å². The van der Waals surface area contributed by atoms with Crippen LogP contribution in [0.5, 0.6) is 0 Å². The largest absolute Gasteiger partial charge is 0.355 e. The molecule has 0 aliphatic carbocycles. The van der Waals surface area contributed by atoms with E-state index in [1.54, 1.807) is 11.0 Å². The van der Waals surface area contributed by atoms with Gasteiger partial charge in [0, 0.05) is 24.0 Å². The first-order valence-electron chi connectivity index (χ1n) is 11.0. The van der Waals surface area contributed by atoms with Gasteiger partial charge in [-0.05, 0) is 36.4 Å². The summed E-state index contributed by atoms with van der Waals surface area (Å²) >= 11 is 0. The average molecular weight is 430 g/mol. The lowest BCUT2D eigenvalue weighted by Gasteiger charge is -2.32. The Morgan fingerprint density at radius 3 is 2.38 bits per heavy atom. The lowest BCUT2D eigenvalue weighted by atomic mass is 10.1. The summed E-state index contributed by atoms with van der Waals surface area (Å²) in [7, 11) is 0. The third-order valence-electron chi connectivity index (χ3n) is 5.88. The Balaban J connectivity index is 1.65. The van der Waals surface area contributed by atoms with Crippen molar-refractivity contribution >= 4 is 34.2 Å². The number of carbonyl (C=O) groups is 3. The minimum atomic E-state index is -0.612. The normalized spacial score (nSPS) is 13.3. The quantitative estimate of drug-likeness (QED) is 0.593. The van der Waals surface area contributed by atoms with Crippen molar-refractivity contribution in [3.05, 3.63) is 77.9 Å². The lowest BCUT2D eigenvalue weighted by Crippen LogP contribution is -2.52. The summed E-state index contributed by atoms with van der Waals surface area (Å²) in [6, 6.07) is 20.3. The number of amides is 3. The molecule has 1 aliphatic rings. The molecule has 0 unspecified atom stereocenters. The molecule has 0 saturated heterocycles. The number of hydrogen-bond acceptors (Lipinski definition) is 3. The van der Waals surface area contributed by atoms with Gasteiger partial charge in [0.05, 0.1) is 5.69 Å². The molecule has 1 N–H and O–H groups in total. The highest BCUT2D eigenvalue weighted by Crippen LogP contribution is 2.37. The van der Waals surface area contributed by atoms with Gasteiger partial charge in [-0.15, -0.1) is 0 Å². The summed E-state index contributed by atoms with van der Waals surface area (Å²) in [4.78, 5) is 42.6. The fourth-order valence-corrected chi connectivity index (χ4v) is 4.35. The second-order valence-electron chi connectivity index (χ2n) is 7.90. The van der Waals surface area contributed by atoms with Gasteiger partial charge in [-0.25, -0.2) is 0 Å². The number of carbonyl (C=O) groups excluding carboxylic acids is 3. The highest BCUT2D eigenvalue weighted by Gasteiger charge is 2.34. The average Bonchev–Trinajstić information content (AvgIpc) is 3.08. The number of rotatable bonds is 8. The lowest BCUT2D eigenvalue weighted by molar-refractivity contribution is -0.140. The minimum Gasteiger partial charge on any atom is -0.355 e. The predicted molar refractivity (Wildman–Crippen MR) is 125 cm³/mol. The first-order chi connectivity index (χ1) is 15.5. The number of nitrogens with one attached hydrogen (secondary N) is 1. The van der Waals surface area contributed by atoms with Crippen LogP contribution in [0.15, 0.2) is 66.7 Å². The van der Waals surface area contributed by atoms with Crippen molar-refractivity contribution < 1.29 is 14.4 Å². The molecular formula is C26H27N3O3. The van der Waals surface area contributed by atoms with E-state index in [1.807, 2.05) is 74.5 Å². The van der Waals surface area contributed by atoms with E-state index in [1.165, 1.54) is 4.90 Å². The topological polar surface area (TPSA) is 69.7 Å². The molecule has 1 aliphatic heterocycles. The summed E-state index contributed by atoms with van der Waals surface area (Å²) in [6.45, 7) is 4.42. The van der Waals surface area contributed by atoms with Gasteiger partial charge in [0.1, 0.15) is 12.6 Å². The number of likely N-dealkylation sites (N-methyl/N-ethyl adjacent to an activating group) is 1. The van der Waals surface area contributed by atoms with Gasteiger partial charge < -0.3 is 10.2 Å². The smallest absolute Gasteiger partial charge is 0.259 e. The summed E-state index contributed by atoms with van der Waals surface area (Å²) in [6.07, 6.45) is 0.480. The Bertz CT molecular complexity index is 1150. The standard InChI is InChI=1S/C26H27N3O3/c1-3-21(25(31)27-4-2)28(16-18-10-6-5-7-11-18)23(30)17-29-22-15-9-13-19-12-8-14-20(24(19)22)26(29)32/h5-15,21H,3-4,16-17H2,1-2H3,(H,27,31)/t21-/m1/s1. The van der Waals surface area contributed by atoms with Crippen LogP contribution in [0.3, 0.4) is 0 Å². The highest BCUT2D eigenvalue weighted by atomic mass is 16.2. The van der Waals surface area contributed by atoms with Crippen molar-refractivity contribution in [1.82, 2.24) is 10.2 Å². The third-order valence-corrected chi connectivity index (χ3v) is 5.88. The first kappa shape index (κ1) is 21.6. The first-order valence-corrected chi connectivity index (χ1v) is 11.0. The maximum absolute atomic E-state index is 13.6. The van der Waals surface area contributed by atoms with Crippen molar-refractivity contribution in [1.29, 1.82) is 0 Å². The maximum atomic E-state index is 13.6. The second-order valence-corrected chi connectivity index (χ2v) is 7.90. The molecule has 4 rings (SSSR count). The zero-order chi connectivity index (χ0) is 22.7. The van der Waals surface area contributed by atoms with Gasteiger partial charge in [0.2, 0.25) is 11.8 Å². The summed E-state index contributed by atoms with van der Waals surface area (Å²) in [5.41, 5.74) is 2.28. The fourth-order valence-electron chi connectivity index (χ4n) is 4.35. The Morgan fingerprint density at radius 2 is 1.69 bits per heavy atom. The van der Waals surface area contributed by atoms with Gasteiger partial charge >= 0.3 is 0 Å². The van der Waals surface area contributed by atoms with Crippen LogP contribution < -0.4 is 10.2 Å². The molecule has 3 amide bonds. The molecule has 3 aromatic rings. The zero-order valence-corrected chi connectivity index (χ0v) is 18.4. The van der Waals surface area contributed by atoms with Gasteiger partial charge in [-0.2, -0.15) is 0 Å². The van der Waals surface area contributed by atoms with Crippen molar-refractivity contribution in [2.24, 2.45) is 0 Å². The van der Waals surface area contributed by atoms with Crippen LogP contribution in [0, 0.1) is 0 Å². The Hall–Kier alpha value is -3.67. The minimum absolute atomic E-state index is 0.116. The van der Waals surface area contributed by atoms with Crippen LogP contribution in [0.1, 0.15) is 36.2 Å². The molecule has 0 spiro atoms. The van der Waals surface area contributed by atoms with E-state index in [2.05, 4.69) is 5.32 Å². The second kappa shape index (κ2) is 9.22. The molecule has 0 bridgehead atoms. The SMILES string of the molecule is CCNC(=O)[C@@H](CC)N(Cc1ccccc1)C(=O)CN1C(=O)c2cccc3cccc1c23. The molecule has 164 valence electrons. The summed E-state index contributed by atoms with van der Waals surface area (Å²) in [5, 5.41) is 4.68. The maximum Gasteiger partial charge on any atom is 0.259 e. The van der Waals surface area contributed by atoms with Gasteiger partial charge in [-0.3, -0.25) is 19.3 Å². The number of hydrogen-bond donors (Lipinski definition) is 1. The van der Waals surface area contributed by atoms with Crippen molar-refractivity contribution in [2.75, 3.05) is 18.0 Å². The molecule has 1 atom stereocenters. The van der Waals surface area contributed by atoms with Crippen molar-refractivity contribution in [2.45, 2.75) is 32.9 Å². The zero-order valence-electron chi connectivity index (χ0n) is 18.4. The fraction of sp³-hybridized carbons (Fsp3) is 0.269. The van der Waals surface area contributed by atoms with Gasteiger partial charge in [0.25, 0.3) is 5.91 Å². The van der Waals surface area contributed by atoms with E-state index in [0.29, 0.717) is 25.1 Å². The van der Waals surface area contributed by atoms with E-state index in [4.69, 9.17) is 0 Å². The molecule has 6 nitrogen and oxygen atoms in total. The molecule has 0 aromatic heterocycles. The summed E-state index contributed by atoms with van der Waals surface area (Å²) < 4.78 is 0. The van der Waals surface area contributed by atoms with E-state index < -0.39 is 6.04 Å². The summed E-state index contributed by atoms with van der Waals surface area (Å²) in [5.74, 6) is -0.626. The number of benzene rings is 3.